The Hall–Kier alpha value is -0.690. The fraction of sp³-hybridized carbons (Fsp3) is 0.467. The van der Waals surface area contributed by atoms with Crippen molar-refractivity contribution in [3.05, 3.63) is 34.7 Å². The third kappa shape index (κ3) is 4.41. The maximum Gasteiger partial charge on any atom is 0.155 e. The summed E-state index contributed by atoms with van der Waals surface area (Å²) in [5.74, 6) is 1.05. The first-order valence-electron chi connectivity index (χ1n) is 7.29. The first-order chi connectivity index (χ1) is 10.5. The van der Waals surface area contributed by atoms with Gasteiger partial charge in [-0.3, -0.25) is 9.71 Å². The molecular weight excluding hydrogens is 336 g/mol. The van der Waals surface area contributed by atoms with E-state index in [1.54, 1.807) is 11.9 Å². The summed E-state index contributed by atoms with van der Waals surface area (Å²) < 4.78 is 5.24. The molecule has 0 aliphatic carbocycles. The van der Waals surface area contributed by atoms with Crippen molar-refractivity contribution in [1.82, 2.24) is 14.1 Å². The van der Waals surface area contributed by atoms with Gasteiger partial charge in [-0.1, -0.05) is 25.4 Å². The van der Waals surface area contributed by atoms with Gasteiger partial charge in [-0.15, -0.1) is 11.8 Å². The van der Waals surface area contributed by atoms with Gasteiger partial charge in [0.2, 0.25) is 0 Å². The summed E-state index contributed by atoms with van der Waals surface area (Å²) in [5.41, 5.74) is 2.74. The minimum absolute atomic E-state index is 0.213. The number of fused-ring (bicyclic) bond motifs is 1. The number of hydrogen-bond acceptors (Lipinski definition) is 5. The van der Waals surface area contributed by atoms with Crippen LogP contribution in [-0.4, -0.2) is 32.1 Å². The lowest BCUT2D eigenvalue weighted by molar-refractivity contribution is 1.03. The van der Waals surface area contributed by atoms with E-state index in [1.165, 1.54) is 0 Å². The van der Waals surface area contributed by atoms with Gasteiger partial charge in [-0.25, -0.2) is 4.98 Å². The number of nitrogens with one attached hydrogen (secondary N) is 1. The van der Waals surface area contributed by atoms with Gasteiger partial charge >= 0.3 is 0 Å². The van der Waals surface area contributed by atoms with E-state index in [0.29, 0.717) is 5.02 Å². The Morgan fingerprint density at radius 3 is 2.91 bits per heavy atom. The van der Waals surface area contributed by atoms with E-state index in [4.69, 9.17) is 16.6 Å². The molecule has 22 heavy (non-hydrogen) atoms. The van der Waals surface area contributed by atoms with Crippen molar-refractivity contribution in [2.45, 2.75) is 33.1 Å². The number of imidazole rings is 1. The van der Waals surface area contributed by atoms with Gasteiger partial charge in [0.15, 0.2) is 5.65 Å². The number of aromatic nitrogens is 2. The van der Waals surface area contributed by atoms with E-state index in [-0.39, 0.29) is 5.37 Å². The van der Waals surface area contributed by atoms with Crippen LogP contribution in [0.4, 0.5) is 0 Å². The molecule has 2 rings (SSSR count). The molecule has 0 fully saturated rings. The van der Waals surface area contributed by atoms with Crippen molar-refractivity contribution in [1.29, 1.82) is 0 Å². The number of halogens is 1. The predicted octanol–water partition coefficient (Wildman–Crippen LogP) is 4.40. The molecule has 0 spiro atoms. The minimum atomic E-state index is 0.213. The molecule has 0 aliphatic heterocycles. The smallest absolute Gasteiger partial charge is 0.155 e. The average molecular weight is 357 g/mol. The third-order valence-corrected chi connectivity index (χ3v) is 5.06. The van der Waals surface area contributed by atoms with Crippen LogP contribution in [0, 0.1) is 6.92 Å². The maximum atomic E-state index is 6.38. The molecule has 1 atom stereocenters. The van der Waals surface area contributed by atoms with Crippen LogP contribution in [0.2, 0.25) is 5.02 Å². The second kappa shape index (κ2) is 8.24. The van der Waals surface area contributed by atoms with E-state index in [0.717, 1.165) is 34.2 Å². The van der Waals surface area contributed by atoms with Gasteiger partial charge in [0, 0.05) is 24.5 Å². The topological polar surface area (TPSA) is 41.7 Å². The first-order valence-corrected chi connectivity index (χ1v) is 9.53. The molecule has 0 radical (unpaired) electrons. The molecule has 0 aromatic carbocycles. The van der Waals surface area contributed by atoms with Crippen molar-refractivity contribution in [2.24, 2.45) is 4.99 Å². The second-order valence-electron chi connectivity index (χ2n) is 4.78. The summed E-state index contributed by atoms with van der Waals surface area (Å²) in [7, 11) is 0. The maximum absolute atomic E-state index is 6.38. The van der Waals surface area contributed by atoms with E-state index in [1.807, 2.05) is 41.5 Å². The van der Waals surface area contributed by atoms with Crippen LogP contribution < -0.4 is 4.72 Å². The van der Waals surface area contributed by atoms with Crippen LogP contribution in [0.25, 0.3) is 5.65 Å². The Bertz CT molecular complexity index is 669. The van der Waals surface area contributed by atoms with Crippen molar-refractivity contribution in [2.75, 3.05) is 12.3 Å². The quantitative estimate of drug-likeness (QED) is 0.473. The highest BCUT2D eigenvalue weighted by atomic mass is 35.5. The number of rotatable bonds is 6. The number of thioether (sulfide) groups is 1. The normalized spacial score (nSPS) is 13.8. The number of aliphatic imine (C=N–C) groups is 1. The molecule has 7 heteroatoms. The SMILES string of the molecule is CCNS/C(=N\C(C)SCC)c1cc(Cl)c2nc(C)cn2c1. The van der Waals surface area contributed by atoms with Gasteiger partial charge in [0.05, 0.1) is 16.1 Å². The Morgan fingerprint density at radius 1 is 1.45 bits per heavy atom. The van der Waals surface area contributed by atoms with Gasteiger partial charge in [0.25, 0.3) is 0 Å². The van der Waals surface area contributed by atoms with Crippen LogP contribution in [0.1, 0.15) is 32.0 Å². The fourth-order valence-electron chi connectivity index (χ4n) is 2.04. The third-order valence-electron chi connectivity index (χ3n) is 2.89. The van der Waals surface area contributed by atoms with E-state index < -0.39 is 0 Å². The van der Waals surface area contributed by atoms with Crippen LogP contribution in [0.5, 0.6) is 0 Å². The van der Waals surface area contributed by atoms with Crippen molar-refractivity contribution < 1.29 is 0 Å². The molecule has 0 bridgehead atoms. The van der Waals surface area contributed by atoms with Crippen molar-refractivity contribution in [3.63, 3.8) is 0 Å². The second-order valence-corrected chi connectivity index (χ2v) is 7.66. The Labute approximate surface area is 145 Å². The predicted molar refractivity (Wildman–Crippen MR) is 100 cm³/mol. The minimum Gasteiger partial charge on any atom is -0.305 e. The van der Waals surface area contributed by atoms with Gasteiger partial charge in [-0.2, -0.15) is 0 Å². The highest BCUT2D eigenvalue weighted by Crippen LogP contribution is 2.23. The number of nitrogens with zero attached hydrogens (tertiary/aromatic N) is 3. The van der Waals surface area contributed by atoms with Crippen molar-refractivity contribution >= 4 is 46.0 Å². The Kier molecular flexibility index (Phi) is 6.62. The summed E-state index contributed by atoms with van der Waals surface area (Å²) >= 11 is 9.74. The summed E-state index contributed by atoms with van der Waals surface area (Å²) in [6.45, 7) is 9.17. The van der Waals surface area contributed by atoms with Gasteiger partial charge in [-0.05, 0) is 37.6 Å². The lowest BCUT2D eigenvalue weighted by Crippen LogP contribution is -2.11. The van der Waals surface area contributed by atoms with Crippen LogP contribution in [0.15, 0.2) is 23.5 Å². The zero-order valence-electron chi connectivity index (χ0n) is 13.3. The molecule has 2 aromatic heterocycles. The number of aryl methyl sites for hydroxylation is 1. The lowest BCUT2D eigenvalue weighted by Gasteiger charge is -2.11. The Balaban J connectivity index is 2.41. The molecule has 0 amide bonds. The molecule has 1 unspecified atom stereocenters. The molecule has 120 valence electrons. The van der Waals surface area contributed by atoms with E-state index >= 15 is 0 Å². The standard InChI is InChI=1S/C15H21ClN4S2/c1-5-17-22-15(19-11(4)21-6-2)12-7-13(16)14-18-10(3)8-20(14)9-12/h7-9,11,17H,5-6H2,1-4H3/b19-15-. The van der Waals surface area contributed by atoms with E-state index in [2.05, 4.69) is 30.5 Å². The fourth-order valence-corrected chi connectivity index (χ4v) is 3.75. The van der Waals surface area contributed by atoms with E-state index in [9.17, 15) is 0 Å². The van der Waals surface area contributed by atoms with Crippen LogP contribution in [0.3, 0.4) is 0 Å². The molecule has 4 nitrogen and oxygen atoms in total. The summed E-state index contributed by atoms with van der Waals surface area (Å²) in [6, 6.07) is 1.94. The number of hydrogen-bond donors (Lipinski definition) is 1. The molecule has 2 aromatic rings. The monoisotopic (exact) mass is 356 g/mol. The molecule has 2 heterocycles. The molecule has 1 N–H and O–H groups in total. The summed E-state index contributed by atoms with van der Waals surface area (Å²) in [4.78, 5) is 9.25. The number of pyridine rings is 1. The molecule has 0 saturated carbocycles. The summed E-state index contributed by atoms with van der Waals surface area (Å²) in [5, 5.41) is 1.81. The van der Waals surface area contributed by atoms with Gasteiger partial charge < -0.3 is 4.40 Å². The molecule has 0 saturated heterocycles. The highest BCUT2D eigenvalue weighted by Gasteiger charge is 2.12. The van der Waals surface area contributed by atoms with Crippen molar-refractivity contribution in [3.8, 4) is 0 Å². The van der Waals surface area contributed by atoms with Crippen LogP contribution in [-0.2, 0) is 0 Å². The average Bonchev–Trinajstić information content (AvgIpc) is 2.84. The zero-order valence-corrected chi connectivity index (χ0v) is 15.6. The zero-order chi connectivity index (χ0) is 16.1. The lowest BCUT2D eigenvalue weighted by atomic mass is 10.3. The Morgan fingerprint density at radius 2 is 2.23 bits per heavy atom. The largest absolute Gasteiger partial charge is 0.305 e. The highest BCUT2D eigenvalue weighted by molar-refractivity contribution is 8.12. The molecular formula is C15H21ClN4S2. The summed E-state index contributed by atoms with van der Waals surface area (Å²) in [6.07, 6.45) is 4.01. The van der Waals surface area contributed by atoms with Crippen LogP contribution >= 0.6 is 35.3 Å². The molecule has 0 aliphatic rings. The first kappa shape index (κ1) is 17.7. The van der Waals surface area contributed by atoms with Gasteiger partial charge in [0.1, 0.15) is 5.04 Å².